The van der Waals surface area contributed by atoms with E-state index in [2.05, 4.69) is 9.88 Å². The van der Waals surface area contributed by atoms with E-state index in [-0.39, 0.29) is 12.1 Å². The molecule has 1 N–H and O–H groups in total. The van der Waals surface area contributed by atoms with Gasteiger partial charge in [-0.3, -0.25) is 4.90 Å². The Balaban J connectivity index is 1.92. The van der Waals surface area contributed by atoms with Gasteiger partial charge in [0.25, 0.3) is 0 Å². The molecule has 0 aromatic carbocycles. The number of aromatic nitrogens is 1. The molecule has 0 radical (unpaired) electrons. The lowest BCUT2D eigenvalue weighted by atomic mass is 10.3. The zero-order valence-corrected chi connectivity index (χ0v) is 10.6. The molecule has 0 unspecified atom stereocenters. The first-order chi connectivity index (χ1) is 8.19. The number of likely N-dealkylation sites (tertiary alicyclic amines) is 1. The number of rotatable bonds is 4. The number of aliphatic hydroxyl groups excluding tert-OH is 1. The van der Waals surface area contributed by atoms with Gasteiger partial charge in [0.05, 0.1) is 18.4 Å². The van der Waals surface area contributed by atoms with Crippen LogP contribution in [-0.4, -0.2) is 46.8 Å². The average molecular weight is 256 g/mol. The highest BCUT2D eigenvalue weighted by Crippen LogP contribution is 2.16. The monoisotopic (exact) mass is 256 g/mol. The van der Waals surface area contributed by atoms with Gasteiger partial charge in [0.2, 0.25) is 5.01 Å². The van der Waals surface area contributed by atoms with Crippen molar-refractivity contribution in [3.8, 4) is 0 Å². The van der Waals surface area contributed by atoms with Gasteiger partial charge < -0.3 is 9.84 Å². The third-order valence-electron chi connectivity index (χ3n) is 2.63. The van der Waals surface area contributed by atoms with Crippen molar-refractivity contribution in [1.29, 1.82) is 0 Å². The second kappa shape index (κ2) is 5.57. The minimum absolute atomic E-state index is 0.224. The molecule has 0 aliphatic carbocycles. The van der Waals surface area contributed by atoms with Crippen molar-refractivity contribution in [2.75, 3.05) is 19.7 Å². The summed E-state index contributed by atoms with van der Waals surface area (Å²) in [7, 11) is 0. The van der Waals surface area contributed by atoms with Crippen LogP contribution in [0.4, 0.5) is 0 Å². The van der Waals surface area contributed by atoms with Crippen LogP contribution in [0.3, 0.4) is 0 Å². The van der Waals surface area contributed by atoms with Crippen LogP contribution in [0.15, 0.2) is 5.38 Å². The summed E-state index contributed by atoms with van der Waals surface area (Å²) in [5.74, 6) is -0.356. The quantitative estimate of drug-likeness (QED) is 0.810. The normalized spacial score (nSPS) is 20.7. The highest BCUT2D eigenvalue weighted by atomic mass is 32.1. The number of carbonyl (C=O) groups is 1. The molecule has 1 aromatic heterocycles. The van der Waals surface area contributed by atoms with Gasteiger partial charge in [-0.1, -0.05) is 0 Å². The van der Waals surface area contributed by atoms with Gasteiger partial charge in [0.15, 0.2) is 0 Å². The second-order valence-electron chi connectivity index (χ2n) is 4.04. The maximum Gasteiger partial charge on any atom is 0.367 e. The summed E-state index contributed by atoms with van der Waals surface area (Å²) in [4.78, 5) is 17.8. The van der Waals surface area contributed by atoms with Crippen LogP contribution in [0.2, 0.25) is 0 Å². The molecule has 1 aliphatic heterocycles. The van der Waals surface area contributed by atoms with Gasteiger partial charge in [-0.25, -0.2) is 9.78 Å². The van der Waals surface area contributed by atoms with Crippen LogP contribution in [0, 0.1) is 0 Å². The number of esters is 1. The van der Waals surface area contributed by atoms with E-state index in [1.165, 1.54) is 11.3 Å². The number of thiazole rings is 1. The zero-order chi connectivity index (χ0) is 12.3. The van der Waals surface area contributed by atoms with Crippen LogP contribution in [0.5, 0.6) is 0 Å². The Morgan fingerprint density at radius 3 is 3.24 bits per heavy atom. The maximum absolute atomic E-state index is 11.4. The molecule has 0 saturated carbocycles. The summed E-state index contributed by atoms with van der Waals surface area (Å²) in [5.41, 5.74) is 0.868. The molecule has 1 atom stereocenters. The van der Waals surface area contributed by atoms with Crippen LogP contribution in [0.1, 0.15) is 28.8 Å². The molecule has 1 aliphatic rings. The summed E-state index contributed by atoms with van der Waals surface area (Å²) in [6.45, 7) is 4.40. The molecule has 0 bridgehead atoms. The van der Waals surface area contributed by atoms with Crippen LogP contribution in [0.25, 0.3) is 0 Å². The SMILES string of the molecule is CCOC(=O)c1nc(CN2CC[C@H](O)C2)cs1. The Kier molecular flexibility index (Phi) is 4.09. The molecule has 1 aromatic rings. The van der Waals surface area contributed by atoms with Crippen molar-refractivity contribution in [1.82, 2.24) is 9.88 Å². The van der Waals surface area contributed by atoms with Crippen molar-refractivity contribution in [3.63, 3.8) is 0 Å². The van der Waals surface area contributed by atoms with E-state index >= 15 is 0 Å². The summed E-state index contributed by atoms with van der Waals surface area (Å²) in [6, 6.07) is 0. The van der Waals surface area contributed by atoms with Gasteiger partial charge in [-0.2, -0.15) is 0 Å². The number of hydrogen-bond acceptors (Lipinski definition) is 6. The molecule has 2 rings (SSSR count). The van der Waals surface area contributed by atoms with E-state index in [9.17, 15) is 9.90 Å². The lowest BCUT2D eigenvalue weighted by Gasteiger charge is -2.12. The van der Waals surface area contributed by atoms with Gasteiger partial charge in [-0.15, -0.1) is 11.3 Å². The van der Waals surface area contributed by atoms with Gasteiger partial charge in [-0.05, 0) is 13.3 Å². The Morgan fingerprint density at radius 1 is 1.76 bits per heavy atom. The molecule has 0 spiro atoms. The smallest absolute Gasteiger partial charge is 0.367 e. The number of aliphatic hydroxyl groups is 1. The van der Waals surface area contributed by atoms with Crippen molar-refractivity contribution in [3.05, 3.63) is 16.1 Å². The largest absolute Gasteiger partial charge is 0.461 e. The van der Waals surface area contributed by atoms with Crippen LogP contribution < -0.4 is 0 Å². The third-order valence-corrected chi connectivity index (χ3v) is 3.51. The number of hydrogen-bond donors (Lipinski definition) is 1. The van der Waals surface area contributed by atoms with E-state index in [1.807, 2.05) is 5.38 Å². The van der Waals surface area contributed by atoms with Crippen molar-refractivity contribution >= 4 is 17.3 Å². The average Bonchev–Trinajstić information content (AvgIpc) is 2.89. The Hall–Kier alpha value is -0.980. The van der Waals surface area contributed by atoms with Crippen molar-refractivity contribution in [2.45, 2.75) is 26.0 Å². The fourth-order valence-corrected chi connectivity index (χ4v) is 2.55. The van der Waals surface area contributed by atoms with Gasteiger partial charge in [0.1, 0.15) is 0 Å². The number of carbonyl (C=O) groups excluding carboxylic acids is 1. The second-order valence-corrected chi connectivity index (χ2v) is 4.90. The summed E-state index contributed by atoms with van der Waals surface area (Å²) in [5, 5.41) is 11.7. The van der Waals surface area contributed by atoms with Crippen LogP contribution >= 0.6 is 11.3 Å². The third kappa shape index (κ3) is 3.24. The molecule has 0 amide bonds. The van der Waals surface area contributed by atoms with Crippen LogP contribution in [-0.2, 0) is 11.3 Å². The summed E-state index contributed by atoms with van der Waals surface area (Å²) in [6.07, 6.45) is 0.590. The van der Waals surface area contributed by atoms with E-state index in [1.54, 1.807) is 6.92 Å². The molecule has 6 heteroatoms. The Labute approximate surface area is 104 Å². The number of nitrogens with zero attached hydrogens (tertiary/aromatic N) is 2. The van der Waals surface area contributed by atoms with E-state index in [4.69, 9.17) is 4.74 Å². The Bertz CT molecular complexity index is 394. The number of β-amino-alcohol motifs (C(OH)–C–C–N with tert-alkyl or cyclic N) is 1. The molecule has 5 nitrogen and oxygen atoms in total. The predicted octanol–water partition coefficient (Wildman–Crippen LogP) is 0.886. The first-order valence-corrected chi connectivity index (χ1v) is 6.59. The summed E-state index contributed by atoms with van der Waals surface area (Å²) < 4.78 is 4.88. The lowest BCUT2D eigenvalue weighted by Crippen LogP contribution is -2.21. The molecule has 1 fully saturated rings. The first kappa shape index (κ1) is 12.5. The Morgan fingerprint density at radius 2 is 2.59 bits per heavy atom. The fourth-order valence-electron chi connectivity index (χ4n) is 1.85. The topological polar surface area (TPSA) is 62.7 Å². The molecule has 94 valence electrons. The highest BCUT2D eigenvalue weighted by molar-refractivity contribution is 7.11. The summed E-state index contributed by atoms with van der Waals surface area (Å²) >= 11 is 1.31. The lowest BCUT2D eigenvalue weighted by molar-refractivity contribution is 0.0525. The first-order valence-electron chi connectivity index (χ1n) is 5.71. The molecular weight excluding hydrogens is 240 g/mol. The predicted molar refractivity (Wildman–Crippen MR) is 64.0 cm³/mol. The maximum atomic E-state index is 11.4. The highest BCUT2D eigenvalue weighted by Gasteiger charge is 2.21. The van der Waals surface area contributed by atoms with E-state index < -0.39 is 0 Å². The molecule has 17 heavy (non-hydrogen) atoms. The minimum atomic E-state index is -0.356. The molecule has 1 saturated heterocycles. The van der Waals surface area contributed by atoms with Gasteiger partial charge in [0, 0.05) is 25.0 Å². The number of ether oxygens (including phenoxy) is 1. The van der Waals surface area contributed by atoms with E-state index in [0.717, 1.165) is 18.7 Å². The van der Waals surface area contributed by atoms with Crippen molar-refractivity contribution < 1.29 is 14.6 Å². The zero-order valence-electron chi connectivity index (χ0n) is 9.76. The molecular formula is C11H16N2O3S. The minimum Gasteiger partial charge on any atom is -0.461 e. The molecule has 2 heterocycles. The fraction of sp³-hybridized carbons (Fsp3) is 0.636. The van der Waals surface area contributed by atoms with Gasteiger partial charge >= 0.3 is 5.97 Å². The van der Waals surface area contributed by atoms with Crippen molar-refractivity contribution in [2.24, 2.45) is 0 Å². The van der Waals surface area contributed by atoms with E-state index in [0.29, 0.717) is 24.7 Å². The standard InChI is InChI=1S/C11H16N2O3S/c1-2-16-11(15)10-12-8(7-17-10)5-13-4-3-9(14)6-13/h7,9,14H,2-6H2,1H3/t9-/m0/s1.